The second kappa shape index (κ2) is 4.27. The average molecular weight is 406 g/mol. The molecule has 0 amide bonds. The zero-order valence-corrected chi connectivity index (χ0v) is 12.6. The summed E-state index contributed by atoms with van der Waals surface area (Å²) in [5.74, 6) is 0. The van der Waals surface area contributed by atoms with Crippen LogP contribution in [0, 0.1) is 0 Å². The molecule has 0 aromatic heterocycles. The number of nitrogens with zero attached hydrogens (tertiary/aromatic N) is 1. The minimum absolute atomic E-state index is 0.643. The Morgan fingerprint density at radius 2 is 1.77 bits per heavy atom. The molecule has 1 heterocycles. The molecule has 4 heteroatoms. The summed E-state index contributed by atoms with van der Waals surface area (Å²) in [7, 11) is 0. The van der Waals surface area contributed by atoms with Gasteiger partial charge in [0.2, 0.25) is 0 Å². The van der Waals surface area contributed by atoms with E-state index < -0.39 is 21.1 Å². The molecule has 0 fully saturated rings. The summed E-state index contributed by atoms with van der Waals surface area (Å²) in [6.45, 7) is 0. The van der Waals surface area contributed by atoms with Crippen LogP contribution < -0.4 is 0 Å². The molecule has 0 aliphatic carbocycles. The van der Waals surface area contributed by atoms with Crippen LogP contribution in [0.25, 0.3) is 0 Å². The van der Waals surface area contributed by atoms with Gasteiger partial charge in [0.05, 0.1) is 0 Å². The summed E-state index contributed by atoms with van der Waals surface area (Å²) in [6, 6.07) is 10.4. The summed E-state index contributed by atoms with van der Waals surface area (Å²) in [5, 5.41) is 0. The molecule has 1 aromatic carbocycles. The number of hydrogen-bond donors (Lipinski definition) is 0. The molecule has 0 bridgehead atoms. The first kappa shape index (κ1) is 9.93. The topological polar surface area (TPSA) is 12.4 Å². The van der Waals surface area contributed by atoms with E-state index in [0.717, 1.165) is 4.61 Å². The van der Waals surface area contributed by atoms with Gasteiger partial charge >= 0.3 is 105 Å². The zero-order chi connectivity index (χ0) is 9.26. The first-order valence-electron chi connectivity index (χ1n) is 3.74. The van der Waals surface area contributed by atoms with Gasteiger partial charge in [-0.25, -0.2) is 0 Å². The van der Waals surface area contributed by atoms with Crippen molar-refractivity contribution in [2.24, 2.45) is 4.99 Å². The second-order valence-electron chi connectivity index (χ2n) is 2.56. The van der Waals surface area contributed by atoms with E-state index in [1.54, 1.807) is 0 Å². The number of halogens is 2. The van der Waals surface area contributed by atoms with Crippen molar-refractivity contribution >= 4 is 56.7 Å². The van der Waals surface area contributed by atoms with Gasteiger partial charge in [0, 0.05) is 0 Å². The van der Waals surface area contributed by atoms with Gasteiger partial charge in [-0.2, -0.15) is 0 Å². The van der Waals surface area contributed by atoms with Crippen molar-refractivity contribution in [1.29, 1.82) is 0 Å². The molecule has 1 aliphatic heterocycles. The molecule has 0 spiro atoms. The van der Waals surface area contributed by atoms with Crippen molar-refractivity contribution < 1.29 is 0 Å². The Kier molecular flexibility index (Phi) is 3.26. The maximum atomic E-state index is 4.48. The predicted molar refractivity (Wildman–Crippen MR) is 63.6 cm³/mol. The van der Waals surface area contributed by atoms with Crippen molar-refractivity contribution in [3.05, 3.63) is 43.0 Å². The monoisotopic (exact) mass is 405 g/mol. The number of rotatable bonds is 1. The molecule has 0 N–H and O–H groups in total. The Labute approximate surface area is 104 Å². The van der Waals surface area contributed by atoms with E-state index >= 15 is 0 Å². The molecule has 0 saturated heterocycles. The molecule has 13 heavy (non-hydrogen) atoms. The minimum atomic E-state index is -0.643. The standard InChI is InChI=1S/C9H5Br2N.Sn/c10-6-9(11)12-7-8-4-2-1-3-5-8;/h1-5H;. The Bertz CT molecular complexity index is 384. The molecule has 64 valence electrons. The fraction of sp³-hybridized carbons (Fsp3) is 0. The van der Waals surface area contributed by atoms with Crippen LogP contribution >= 0.6 is 31.9 Å². The van der Waals surface area contributed by atoms with E-state index in [2.05, 4.69) is 61.1 Å². The number of aliphatic imine (C=N–C) groups is 1. The summed E-state index contributed by atoms with van der Waals surface area (Å²) in [5.41, 5.74) is 1.26. The van der Waals surface area contributed by atoms with Crippen LogP contribution in [0.2, 0.25) is 0 Å². The van der Waals surface area contributed by atoms with Gasteiger partial charge in [-0.05, 0) is 0 Å². The third-order valence-corrected chi connectivity index (χ3v) is 8.64. The molecule has 1 aromatic rings. The third kappa shape index (κ3) is 2.25. The van der Waals surface area contributed by atoms with Crippen molar-refractivity contribution in [1.82, 2.24) is 0 Å². The number of benzene rings is 1. The van der Waals surface area contributed by atoms with Crippen LogP contribution in [-0.2, 0) is 0 Å². The van der Waals surface area contributed by atoms with Crippen molar-refractivity contribution in [3.63, 3.8) is 0 Å². The van der Waals surface area contributed by atoms with E-state index in [9.17, 15) is 0 Å². The molecule has 1 nitrogen and oxygen atoms in total. The normalized spacial score (nSPS) is 16.3. The molecular weight excluding hydrogens is 401 g/mol. The first-order valence-corrected chi connectivity index (χ1v) is 8.18. The van der Waals surface area contributed by atoms with Crippen molar-refractivity contribution in [2.75, 3.05) is 0 Å². The van der Waals surface area contributed by atoms with Gasteiger partial charge in [-0.15, -0.1) is 0 Å². The predicted octanol–water partition coefficient (Wildman–Crippen LogP) is 3.07. The van der Waals surface area contributed by atoms with Crippen LogP contribution in [0.1, 0.15) is 5.56 Å². The van der Waals surface area contributed by atoms with Crippen LogP contribution in [-0.4, -0.2) is 24.9 Å². The zero-order valence-electron chi connectivity index (χ0n) is 6.59. The fourth-order valence-electron chi connectivity index (χ4n) is 1.06. The van der Waals surface area contributed by atoms with Gasteiger partial charge in [-0.3, -0.25) is 0 Å². The molecule has 2 radical (unpaired) electrons. The van der Waals surface area contributed by atoms with Gasteiger partial charge < -0.3 is 0 Å². The van der Waals surface area contributed by atoms with Crippen LogP contribution in [0.15, 0.2) is 42.4 Å². The summed E-state index contributed by atoms with van der Waals surface area (Å²) >= 11 is 6.32. The Morgan fingerprint density at radius 3 is 2.31 bits per heavy atom. The molecular formula is C9H5Br2NSn. The van der Waals surface area contributed by atoms with Gasteiger partial charge in [0.1, 0.15) is 0 Å². The third-order valence-electron chi connectivity index (χ3n) is 1.67. The van der Waals surface area contributed by atoms with Crippen LogP contribution in [0.5, 0.6) is 0 Å². The van der Waals surface area contributed by atoms with E-state index in [1.165, 1.54) is 11.8 Å². The quantitative estimate of drug-likeness (QED) is 0.503. The summed E-state index contributed by atoms with van der Waals surface area (Å²) in [6.07, 6.45) is 0. The Morgan fingerprint density at radius 1 is 1.08 bits per heavy atom. The fourth-order valence-corrected chi connectivity index (χ4v) is 6.13. The van der Waals surface area contributed by atoms with E-state index in [-0.39, 0.29) is 0 Å². The Hall–Kier alpha value is 0.389. The average Bonchev–Trinajstić information content (AvgIpc) is 2.49. The SMILES string of the molecule is BrC1=[C](Br)[Sn][C](c2ccccc2)=N1. The van der Waals surface area contributed by atoms with Gasteiger partial charge in [0.15, 0.2) is 0 Å². The van der Waals surface area contributed by atoms with E-state index in [1.807, 2.05) is 6.07 Å². The summed E-state index contributed by atoms with van der Waals surface area (Å²) in [4.78, 5) is 4.48. The molecule has 0 saturated carbocycles. The first-order chi connectivity index (χ1) is 6.27. The van der Waals surface area contributed by atoms with E-state index in [0.29, 0.717) is 0 Å². The molecule has 0 atom stereocenters. The van der Waals surface area contributed by atoms with E-state index in [4.69, 9.17) is 0 Å². The molecule has 2 rings (SSSR count). The maximum absolute atomic E-state index is 4.48. The Balaban J connectivity index is 2.29. The molecule has 0 unspecified atom stereocenters. The van der Waals surface area contributed by atoms with Crippen LogP contribution in [0.3, 0.4) is 0 Å². The van der Waals surface area contributed by atoms with Crippen LogP contribution in [0.4, 0.5) is 0 Å². The number of hydrogen-bond acceptors (Lipinski definition) is 1. The van der Waals surface area contributed by atoms with Crippen molar-refractivity contribution in [3.8, 4) is 0 Å². The molecule has 1 aliphatic rings. The summed E-state index contributed by atoms with van der Waals surface area (Å²) < 4.78 is 3.55. The van der Waals surface area contributed by atoms with Gasteiger partial charge in [0.25, 0.3) is 0 Å². The van der Waals surface area contributed by atoms with Gasteiger partial charge in [-0.1, -0.05) is 0 Å². The van der Waals surface area contributed by atoms with Crippen molar-refractivity contribution in [2.45, 2.75) is 0 Å². The second-order valence-corrected chi connectivity index (χ2v) is 9.68.